The number of hydrogen-bond acceptors (Lipinski definition) is 8. The Hall–Kier alpha value is -0.990. The number of rotatable bonds is 39. The topological polar surface area (TPSA) is 134 Å². The summed E-state index contributed by atoms with van der Waals surface area (Å²) < 4.78 is 32.7. The minimum Gasteiger partial charge on any atom is -0.462 e. The molecule has 0 aliphatic heterocycles. The molecule has 3 N–H and O–H groups in total. The highest BCUT2D eigenvalue weighted by atomic mass is 31.2. The maximum atomic E-state index is 12.5. The predicted molar refractivity (Wildman–Crippen MR) is 201 cm³/mol. The second-order valence-corrected chi connectivity index (χ2v) is 15.3. The van der Waals surface area contributed by atoms with E-state index in [1.165, 1.54) is 141 Å². The lowest BCUT2D eigenvalue weighted by molar-refractivity contribution is -0.161. The number of carbonyl (C=O) groups is 2. The van der Waals surface area contributed by atoms with E-state index >= 15 is 0 Å². The van der Waals surface area contributed by atoms with Crippen molar-refractivity contribution < 1.29 is 37.6 Å². The van der Waals surface area contributed by atoms with Crippen LogP contribution in [-0.2, 0) is 32.7 Å². The van der Waals surface area contributed by atoms with Crippen LogP contribution in [-0.4, -0.2) is 49.3 Å². The second kappa shape index (κ2) is 36.8. The smallest absolute Gasteiger partial charge is 0.462 e. The fourth-order valence-electron chi connectivity index (χ4n) is 5.93. The Kier molecular flexibility index (Phi) is 36.0. The van der Waals surface area contributed by atoms with Gasteiger partial charge in [-0.2, -0.15) is 0 Å². The summed E-state index contributed by atoms with van der Waals surface area (Å²) in [4.78, 5) is 34.8. The lowest BCUT2D eigenvalue weighted by atomic mass is 10.0. The fourth-order valence-corrected chi connectivity index (χ4v) is 6.69. The van der Waals surface area contributed by atoms with E-state index in [1.54, 1.807) is 0 Å². The van der Waals surface area contributed by atoms with Crippen molar-refractivity contribution in [2.45, 2.75) is 213 Å². The maximum Gasteiger partial charge on any atom is 0.472 e. The highest BCUT2D eigenvalue weighted by molar-refractivity contribution is 7.47. The van der Waals surface area contributed by atoms with Crippen molar-refractivity contribution in [2.24, 2.45) is 5.73 Å². The number of hydrogen-bond donors (Lipinski definition) is 2. The van der Waals surface area contributed by atoms with Gasteiger partial charge in [0.15, 0.2) is 6.10 Å². The van der Waals surface area contributed by atoms with Crippen molar-refractivity contribution in [1.29, 1.82) is 0 Å². The molecule has 0 aliphatic rings. The van der Waals surface area contributed by atoms with Crippen molar-refractivity contribution >= 4 is 19.8 Å². The molecule has 0 heterocycles. The van der Waals surface area contributed by atoms with Gasteiger partial charge in [-0.3, -0.25) is 18.6 Å². The van der Waals surface area contributed by atoms with Crippen molar-refractivity contribution in [3.8, 4) is 0 Å². The van der Waals surface area contributed by atoms with E-state index in [0.29, 0.717) is 6.42 Å². The molecule has 0 aromatic rings. The first-order valence-electron chi connectivity index (χ1n) is 20.5. The highest BCUT2D eigenvalue weighted by Crippen LogP contribution is 2.43. The number of carbonyl (C=O) groups excluding carboxylic acids is 2. The Labute approximate surface area is 301 Å². The van der Waals surface area contributed by atoms with Crippen molar-refractivity contribution in [3.05, 3.63) is 0 Å². The number of esters is 2. The summed E-state index contributed by atoms with van der Waals surface area (Å²) >= 11 is 0. The van der Waals surface area contributed by atoms with Gasteiger partial charge >= 0.3 is 19.8 Å². The lowest BCUT2D eigenvalue weighted by Crippen LogP contribution is -2.29. The summed E-state index contributed by atoms with van der Waals surface area (Å²) in [5.41, 5.74) is 5.34. The molecule has 0 fully saturated rings. The number of unbranched alkanes of at least 4 members (excludes halogenated alkanes) is 26. The monoisotopic (exact) mass is 720 g/mol. The van der Waals surface area contributed by atoms with E-state index in [2.05, 4.69) is 13.8 Å². The number of phosphoric ester groups is 1. The van der Waals surface area contributed by atoms with Crippen LogP contribution in [0.2, 0.25) is 0 Å². The molecule has 0 aliphatic carbocycles. The summed E-state index contributed by atoms with van der Waals surface area (Å²) in [6, 6.07) is 0. The summed E-state index contributed by atoms with van der Waals surface area (Å²) in [6.07, 6.45) is 34.1. The standard InChI is InChI=1S/C39H78NO8P/c1-3-5-7-9-11-13-15-17-19-21-23-25-27-29-31-38(41)45-35-37(36-47-49(43,44)46-34-33-40)48-39(42)32-30-28-26-24-22-20-18-16-14-12-10-8-6-4-2/h37H,3-36,40H2,1-2H3,(H,43,44)/t37-/m1/s1. The Morgan fingerprint density at radius 3 is 1.24 bits per heavy atom. The van der Waals surface area contributed by atoms with E-state index in [-0.39, 0.29) is 38.6 Å². The molecule has 2 atom stereocenters. The van der Waals surface area contributed by atoms with E-state index in [4.69, 9.17) is 24.3 Å². The molecule has 0 aromatic carbocycles. The Morgan fingerprint density at radius 1 is 0.531 bits per heavy atom. The van der Waals surface area contributed by atoms with Crippen LogP contribution >= 0.6 is 7.82 Å². The first-order chi connectivity index (χ1) is 23.8. The van der Waals surface area contributed by atoms with Gasteiger partial charge in [0.1, 0.15) is 6.61 Å². The maximum absolute atomic E-state index is 12.5. The third kappa shape index (κ3) is 36.6. The number of phosphoric acid groups is 1. The summed E-state index contributed by atoms with van der Waals surface area (Å²) in [7, 11) is -4.36. The highest BCUT2D eigenvalue weighted by Gasteiger charge is 2.26. The molecule has 0 saturated carbocycles. The second-order valence-electron chi connectivity index (χ2n) is 13.9. The molecule has 0 amide bonds. The van der Waals surface area contributed by atoms with Gasteiger partial charge in [0, 0.05) is 19.4 Å². The van der Waals surface area contributed by atoms with Crippen LogP contribution in [0.5, 0.6) is 0 Å². The van der Waals surface area contributed by atoms with Gasteiger partial charge in [0.25, 0.3) is 0 Å². The van der Waals surface area contributed by atoms with Crippen molar-refractivity contribution in [2.75, 3.05) is 26.4 Å². The molecule has 10 heteroatoms. The molecule has 0 rings (SSSR count). The molecule has 9 nitrogen and oxygen atoms in total. The average Bonchev–Trinajstić information content (AvgIpc) is 3.08. The molecular weight excluding hydrogens is 641 g/mol. The fraction of sp³-hybridized carbons (Fsp3) is 0.949. The molecule has 0 radical (unpaired) electrons. The first-order valence-corrected chi connectivity index (χ1v) is 22.0. The minimum atomic E-state index is -4.36. The lowest BCUT2D eigenvalue weighted by Gasteiger charge is -2.19. The molecular formula is C39H78NO8P. The molecule has 292 valence electrons. The van der Waals surface area contributed by atoms with Gasteiger partial charge in [0.05, 0.1) is 13.2 Å². The minimum absolute atomic E-state index is 0.0579. The Balaban J connectivity index is 4.14. The molecule has 0 spiro atoms. The van der Waals surface area contributed by atoms with Crippen LogP contribution in [0.1, 0.15) is 206 Å². The van der Waals surface area contributed by atoms with Gasteiger partial charge in [0.2, 0.25) is 0 Å². The van der Waals surface area contributed by atoms with Gasteiger partial charge in [-0.25, -0.2) is 4.57 Å². The largest absolute Gasteiger partial charge is 0.472 e. The van der Waals surface area contributed by atoms with Gasteiger partial charge in [-0.15, -0.1) is 0 Å². The Morgan fingerprint density at radius 2 is 0.878 bits per heavy atom. The van der Waals surface area contributed by atoms with Crippen LogP contribution in [0, 0.1) is 0 Å². The number of nitrogens with two attached hydrogens (primary N) is 1. The zero-order valence-corrected chi connectivity index (χ0v) is 32.8. The van der Waals surface area contributed by atoms with E-state index < -0.39 is 26.5 Å². The normalized spacial score (nSPS) is 13.3. The summed E-state index contributed by atoms with van der Waals surface area (Å²) in [5.74, 6) is -0.815. The molecule has 1 unspecified atom stereocenters. The Bertz CT molecular complexity index is 784. The first kappa shape index (κ1) is 48.0. The van der Waals surface area contributed by atoms with Gasteiger partial charge in [-0.05, 0) is 12.8 Å². The van der Waals surface area contributed by atoms with Crippen LogP contribution in [0.4, 0.5) is 0 Å². The third-order valence-corrected chi connectivity index (χ3v) is 9.98. The van der Waals surface area contributed by atoms with Gasteiger partial charge in [-0.1, -0.05) is 181 Å². The molecule has 0 bridgehead atoms. The summed E-state index contributed by atoms with van der Waals surface area (Å²) in [6.45, 7) is 3.76. The predicted octanol–water partition coefficient (Wildman–Crippen LogP) is 11.3. The van der Waals surface area contributed by atoms with Crippen LogP contribution < -0.4 is 5.73 Å². The van der Waals surface area contributed by atoms with E-state index in [0.717, 1.165) is 32.1 Å². The molecule has 0 aromatic heterocycles. The van der Waals surface area contributed by atoms with Crippen LogP contribution in [0.15, 0.2) is 0 Å². The zero-order valence-electron chi connectivity index (χ0n) is 31.9. The van der Waals surface area contributed by atoms with E-state index in [1.807, 2.05) is 0 Å². The zero-order chi connectivity index (χ0) is 36.1. The van der Waals surface area contributed by atoms with E-state index in [9.17, 15) is 19.0 Å². The SMILES string of the molecule is CCCCCCCCCCCCCCCCC(=O)OC[C@H](COP(=O)(O)OCCN)OC(=O)CCCCCCCCCCCCCCCC. The third-order valence-electron chi connectivity index (χ3n) is 8.99. The quantitative estimate of drug-likeness (QED) is 0.0361. The van der Waals surface area contributed by atoms with Crippen molar-refractivity contribution in [3.63, 3.8) is 0 Å². The number of ether oxygens (including phenoxy) is 2. The van der Waals surface area contributed by atoms with Gasteiger partial charge < -0.3 is 20.1 Å². The van der Waals surface area contributed by atoms with Crippen molar-refractivity contribution in [1.82, 2.24) is 0 Å². The molecule has 0 saturated heterocycles. The summed E-state index contributed by atoms with van der Waals surface area (Å²) in [5, 5.41) is 0. The average molecular weight is 720 g/mol. The van der Waals surface area contributed by atoms with Crippen LogP contribution in [0.25, 0.3) is 0 Å². The molecule has 49 heavy (non-hydrogen) atoms. The van der Waals surface area contributed by atoms with Crippen LogP contribution in [0.3, 0.4) is 0 Å².